The monoisotopic (exact) mass is 552 g/mol. The molecule has 8 heteroatoms. The van der Waals surface area contributed by atoms with E-state index in [4.69, 9.17) is 9.15 Å². The Hall–Kier alpha value is -4.82. The first-order valence-corrected chi connectivity index (χ1v) is 13.2. The minimum absolute atomic E-state index is 0.0516. The number of amides is 2. The summed E-state index contributed by atoms with van der Waals surface area (Å²) in [6.07, 6.45) is 1.36. The van der Waals surface area contributed by atoms with Gasteiger partial charge in [0.15, 0.2) is 5.43 Å². The molecule has 5 aromatic rings. The number of carbonyl (C=O) groups is 2. The summed E-state index contributed by atoms with van der Waals surface area (Å²) in [6, 6.07) is 25.7. The zero-order chi connectivity index (χ0) is 28.8. The zero-order valence-electron chi connectivity index (χ0n) is 22.6. The molecule has 2 amide bonds. The van der Waals surface area contributed by atoms with E-state index in [-0.39, 0.29) is 50.0 Å². The van der Waals surface area contributed by atoms with Crippen molar-refractivity contribution in [2.75, 3.05) is 26.8 Å². The first-order valence-electron chi connectivity index (χ1n) is 13.2. The highest BCUT2D eigenvalue weighted by Crippen LogP contribution is 2.21. The van der Waals surface area contributed by atoms with Crippen LogP contribution in [0.1, 0.15) is 21.5 Å². The van der Waals surface area contributed by atoms with Crippen molar-refractivity contribution in [3.63, 3.8) is 0 Å². The van der Waals surface area contributed by atoms with Crippen molar-refractivity contribution < 1.29 is 23.1 Å². The van der Waals surface area contributed by atoms with Gasteiger partial charge in [0, 0.05) is 25.8 Å². The van der Waals surface area contributed by atoms with Crippen molar-refractivity contribution in [1.29, 1.82) is 0 Å². The third-order valence-electron chi connectivity index (χ3n) is 6.95. The molecule has 41 heavy (non-hydrogen) atoms. The molecular formula is C33H29FN2O5. The second-order valence-electron chi connectivity index (χ2n) is 9.71. The van der Waals surface area contributed by atoms with Gasteiger partial charge in [-0.15, -0.1) is 0 Å². The predicted octanol–water partition coefficient (Wildman–Crippen LogP) is 5.40. The molecule has 0 N–H and O–H groups in total. The number of nitrogens with zero attached hydrogens (tertiary/aromatic N) is 2. The summed E-state index contributed by atoms with van der Waals surface area (Å²) in [4.78, 5) is 43.8. The Morgan fingerprint density at radius 1 is 0.829 bits per heavy atom. The fourth-order valence-corrected chi connectivity index (χ4v) is 4.77. The Morgan fingerprint density at radius 2 is 1.54 bits per heavy atom. The molecule has 0 radical (unpaired) electrons. The average molecular weight is 553 g/mol. The fourth-order valence-electron chi connectivity index (χ4n) is 4.77. The molecule has 0 atom stereocenters. The van der Waals surface area contributed by atoms with Crippen LogP contribution >= 0.6 is 0 Å². The first kappa shape index (κ1) is 27.7. The Bertz CT molecular complexity index is 1740. The molecule has 0 aliphatic heterocycles. The van der Waals surface area contributed by atoms with Crippen LogP contribution in [-0.2, 0) is 22.6 Å². The Morgan fingerprint density at radius 3 is 2.32 bits per heavy atom. The van der Waals surface area contributed by atoms with Gasteiger partial charge >= 0.3 is 0 Å². The van der Waals surface area contributed by atoms with Crippen LogP contribution in [0.15, 0.2) is 106 Å². The van der Waals surface area contributed by atoms with E-state index in [1.807, 2.05) is 36.4 Å². The summed E-state index contributed by atoms with van der Waals surface area (Å²) >= 11 is 0. The number of methoxy groups -OCH3 is 1. The van der Waals surface area contributed by atoms with E-state index < -0.39 is 5.82 Å². The lowest BCUT2D eigenvalue weighted by atomic mass is 10.0. The molecule has 7 nitrogen and oxygen atoms in total. The predicted molar refractivity (Wildman–Crippen MR) is 155 cm³/mol. The number of carbonyl (C=O) groups excluding carboxylic acids is 2. The van der Waals surface area contributed by atoms with Gasteiger partial charge in [-0.3, -0.25) is 14.4 Å². The molecule has 1 aromatic heterocycles. The minimum Gasteiger partial charge on any atom is -0.464 e. The van der Waals surface area contributed by atoms with Gasteiger partial charge in [0.25, 0.3) is 5.91 Å². The Kier molecular flexibility index (Phi) is 8.50. The molecule has 5 rings (SSSR count). The molecule has 0 bridgehead atoms. The van der Waals surface area contributed by atoms with Crippen LogP contribution in [0.25, 0.3) is 21.7 Å². The molecule has 0 saturated heterocycles. The summed E-state index contributed by atoms with van der Waals surface area (Å²) in [6.45, 7) is 0.226. The number of hydrogen-bond donors (Lipinski definition) is 0. The highest BCUT2D eigenvalue weighted by atomic mass is 19.1. The smallest absolute Gasteiger partial charge is 0.255 e. The van der Waals surface area contributed by atoms with E-state index >= 15 is 0 Å². The van der Waals surface area contributed by atoms with Gasteiger partial charge in [0.1, 0.15) is 17.9 Å². The van der Waals surface area contributed by atoms with Crippen molar-refractivity contribution in [2.24, 2.45) is 0 Å². The second-order valence-corrected chi connectivity index (χ2v) is 9.71. The molecule has 1 heterocycles. The number of fused-ring (bicyclic) bond motifs is 2. The average Bonchev–Trinajstić information content (AvgIpc) is 3.00. The first-order chi connectivity index (χ1) is 19.9. The molecule has 208 valence electrons. The second kappa shape index (κ2) is 12.6. The van der Waals surface area contributed by atoms with Gasteiger partial charge in [-0.25, -0.2) is 4.39 Å². The van der Waals surface area contributed by atoms with Gasteiger partial charge in [0.05, 0.1) is 30.4 Å². The standard InChI is InChI=1S/C33H29FN2O5/c1-40-18-17-35(33(39)28-11-6-8-24-7-2-3-9-27(24)28)21-31(37)36(19-23-13-15-26(34)16-14-23)20-25-22-41-30-12-5-4-10-29(30)32(25)38/h2-16,22H,17-21H2,1H3. The minimum atomic E-state index is -0.395. The number of ether oxygens (including phenoxy) is 1. The maximum atomic E-state index is 13.9. The maximum absolute atomic E-state index is 13.9. The van der Waals surface area contributed by atoms with E-state index in [9.17, 15) is 18.8 Å². The topological polar surface area (TPSA) is 80.1 Å². The fraction of sp³-hybridized carbons (Fsp3) is 0.182. The lowest BCUT2D eigenvalue weighted by molar-refractivity contribution is -0.133. The molecule has 0 aliphatic carbocycles. The molecule has 0 saturated carbocycles. The quantitative estimate of drug-likeness (QED) is 0.232. The van der Waals surface area contributed by atoms with E-state index in [1.165, 1.54) is 35.3 Å². The Labute approximate surface area is 236 Å². The van der Waals surface area contributed by atoms with Crippen LogP contribution in [-0.4, -0.2) is 48.4 Å². The summed E-state index contributed by atoms with van der Waals surface area (Å²) in [5, 5.41) is 2.11. The van der Waals surface area contributed by atoms with Crippen LogP contribution in [0.3, 0.4) is 0 Å². The van der Waals surface area contributed by atoms with Gasteiger partial charge in [-0.05, 0) is 46.7 Å². The number of hydrogen-bond acceptors (Lipinski definition) is 5. The van der Waals surface area contributed by atoms with E-state index in [0.717, 1.165) is 10.8 Å². The lowest BCUT2D eigenvalue weighted by Gasteiger charge is -2.28. The molecule has 0 unspecified atom stereocenters. The lowest BCUT2D eigenvalue weighted by Crippen LogP contribution is -2.44. The van der Waals surface area contributed by atoms with Crippen LogP contribution in [0.4, 0.5) is 4.39 Å². The van der Waals surface area contributed by atoms with Gasteiger partial charge in [0.2, 0.25) is 5.91 Å². The molecule has 0 fully saturated rings. The highest BCUT2D eigenvalue weighted by Gasteiger charge is 2.25. The van der Waals surface area contributed by atoms with Crippen molar-refractivity contribution >= 4 is 33.6 Å². The van der Waals surface area contributed by atoms with E-state index in [1.54, 1.807) is 42.5 Å². The van der Waals surface area contributed by atoms with Crippen molar-refractivity contribution in [2.45, 2.75) is 13.1 Å². The van der Waals surface area contributed by atoms with Gasteiger partial charge in [-0.2, -0.15) is 0 Å². The summed E-state index contributed by atoms with van der Waals surface area (Å²) in [7, 11) is 1.53. The number of halogens is 1. The number of rotatable bonds is 10. The van der Waals surface area contributed by atoms with Gasteiger partial charge in [-0.1, -0.05) is 60.7 Å². The molecule has 4 aromatic carbocycles. The van der Waals surface area contributed by atoms with Crippen LogP contribution in [0.5, 0.6) is 0 Å². The number of benzene rings is 4. The van der Waals surface area contributed by atoms with Crippen molar-refractivity contribution in [3.05, 3.63) is 130 Å². The third kappa shape index (κ3) is 6.34. The third-order valence-corrected chi connectivity index (χ3v) is 6.95. The highest BCUT2D eigenvalue weighted by molar-refractivity contribution is 6.07. The maximum Gasteiger partial charge on any atom is 0.255 e. The largest absolute Gasteiger partial charge is 0.464 e. The molecular weight excluding hydrogens is 523 g/mol. The summed E-state index contributed by atoms with van der Waals surface area (Å²) in [5.41, 5.74) is 1.65. The van der Waals surface area contributed by atoms with Crippen LogP contribution < -0.4 is 5.43 Å². The van der Waals surface area contributed by atoms with E-state index in [2.05, 4.69) is 0 Å². The SMILES string of the molecule is COCCN(CC(=O)N(Cc1ccc(F)cc1)Cc1coc2ccccc2c1=O)C(=O)c1cccc2ccccc12. The molecule has 0 spiro atoms. The van der Waals surface area contributed by atoms with Crippen LogP contribution in [0.2, 0.25) is 0 Å². The Balaban J connectivity index is 1.46. The van der Waals surface area contributed by atoms with Gasteiger partial charge < -0.3 is 19.0 Å². The molecule has 0 aliphatic rings. The number of para-hydroxylation sites is 1. The summed E-state index contributed by atoms with van der Waals surface area (Å²) < 4.78 is 24.5. The normalized spacial score (nSPS) is 11.1. The summed E-state index contributed by atoms with van der Waals surface area (Å²) in [5.74, 6) is -1.08. The van der Waals surface area contributed by atoms with Crippen molar-refractivity contribution in [1.82, 2.24) is 9.80 Å². The zero-order valence-corrected chi connectivity index (χ0v) is 22.6. The van der Waals surface area contributed by atoms with Crippen molar-refractivity contribution in [3.8, 4) is 0 Å². The van der Waals surface area contributed by atoms with E-state index in [0.29, 0.717) is 27.7 Å². The van der Waals surface area contributed by atoms with Crippen LogP contribution in [0, 0.1) is 5.82 Å².